The molecule has 0 radical (unpaired) electrons. The molecule has 10 aromatic rings. The number of aromatic nitrogens is 1. The lowest BCUT2D eigenvalue weighted by Crippen LogP contribution is -2.09. The van der Waals surface area contributed by atoms with Gasteiger partial charge in [-0.15, -0.1) is 11.3 Å². The molecule has 3 nitrogen and oxygen atoms in total. The van der Waals surface area contributed by atoms with Crippen LogP contribution in [0.15, 0.2) is 174 Å². The zero-order valence-corrected chi connectivity index (χ0v) is 27.2. The highest BCUT2D eigenvalue weighted by Gasteiger charge is 2.17. The summed E-state index contributed by atoms with van der Waals surface area (Å²) < 4.78 is 9.10. The molecule has 0 aliphatic carbocycles. The minimum Gasteiger partial charge on any atom is -0.435 e. The van der Waals surface area contributed by atoms with Gasteiger partial charge in [-0.05, 0) is 94.0 Å². The molecule has 4 heteroatoms. The van der Waals surface area contributed by atoms with Crippen LogP contribution in [-0.4, -0.2) is 4.98 Å². The van der Waals surface area contributed by atoms with E-state index in [0.717, 1.165) is 55.3 Å². The summed E-state index contributed by atoms with van der Waals surface area (Å²) in [6.45, 7) is 0. The molecule has 0 saturated carbocycles. The molecule has 0 aliphatic rings. The fourth-order valence-electron chi connectivity index (χ4n) is 7.19. The maximum absolute atomic E-state index is 6.46. The highest BCUT2D eigenvalue weighted by molar-refractivity contribution is 7.25. The van der Waals surface area contributed by atoms with Crippen LogP contribution in [0.2, 0.25) is 0 Å². The van der Waals surface area contributed by atoms with Crippen LogP contribution in [0.25, 0.3) is 75.4 Å². The van der Waals surface area contributed by atoms with Gasteiger partial charge in [0.1, 0.15) is 5.52 Å². The van der Waals surface area contributed by atoms with Gasteiger partial charge in [0.2, 0.25) is 5.89 Å². The van der Waals surface area contributed by atoms with Gasteiger partial charge >= 0.3 is 0 Å². The van der Waals surface area contributed by atoms with Gasteiger partial charge in [-0.2, -0.15) is 0 Å². The quantitative estimate of drug-likeness (QED) is 0.175. The summed E-state index contributed by atoms with van der Waals surface area (Å²) in [6.07, 6.45) is 0. The van der Waals surface area contributed by atoms with Gasteiger partial charge < -0.3 is 9.32 Å². The molecule has 230 valence electrons. The fourth-order valence-corrected chi connectivity index (χ4v) is 8.32. The van der Waals surface area contributed by atoms with Crippen LogP contribution in [-0.2, 0) is 0 Å². The van der Waals surface area contributed by atoms with Crippen molar-refractivity contribution in [3.8, 4) is 22.6 Å². The molecule has 0 amide bonds. The fraction of sp³-hybridized carbons (Fsp3) is 0. The van der Waals surface area contributed by atoms with Crippen LogP contribution in [0.5, 0.6) is 0 Å². The van der Waals surface area contributed by atoms with E-state index in [2.05, 4.69) is 144 Å². The van der Waals surface area contributed by atoms with Crippen molar-refractivity contribution in [2.75, 3.05) is 4.90 Å². The molecule has 49 heavy (non-hydrogen) atoms. The van der Waals surface area contributed by atoms with E-state index in [4.69, 9.17) is 9.40 Å². The van der Waals surface area contributed by atoms with Crippen LogP contribution in [0.4, 0.5) is 17.1 Å². The second-order valence-electron chi connectivity index (χ2n) is 12.4. The van der Waals surface area contributed by atoms with Crippen LogP contribution in [0.3, 0.4) is 0 Å². The smallest absolute Gasteiger partial charge is 0.227 e. The van der Waals surface area contributed by atoms with Gasteiger partial charge in [0.25, 0.3) is 0 Å². The Hall–Kier alpha value is -6.23. The second kappa shape index (κ2) is 11.2. The van der Waals surface area contributed by atoms with E-state index in [1.807, 2.05) is 41.7 Å². The van der Waals surface area contributed by atoms with E-state index < -0.39 is 0 Å². The molecule has 0 atom stereocenters. The Balaban J connectivity index is 1.10. The molecular weight excluding hydrogens is 617 g/mol. The lowest BCUT2D eigenvalue weighted by molar-refractivity contribution is 0.623. The summed E-state index contributed by atoms with van der Waals surface area (Å²) in [5.74, 6) is 0.638. The van der Waals surface area contributed by atoms with E-state index in [9.17, 15) is 0 Å². The minimum absolute atomic E-state index is 0.638. The molecular formula is C45H28N2OS. The number of thiophene rings is 1. The van der Waals surface area contributed by atoms with Crippen LogP contribution < -0.4 is 4.90 Å². The first-order chi connectivity index (χ1) is 24.3. The van der Waals surface area contributed by atoms with E-state index in [0.29, 0.717) is 5.89 Å². The van der Waals surface area contributed by atoms with Crippen molar-refractivity contribution in [3.63, 3.8) is 0 Å². The monoisotopic (exact) mass is 644 g/mol. The molecule has 0 aliphatic heterocycles. The van der Waals surface area contributed by atoms with E-state index in [1.165, 1.54) is 31.3 Å². The Kier molecular flexibility index (Phi) is 6.36. The van der Waals surface area contributed by atoms with Gasteiger partial charge in [-0.3, -0.25) is 0 Å². The number of benzene rings is 8. The van der Waals surface area contributed by atoms with Crippen LogP contribution >= 0.6 is 11.3 Å². The third-order valence-electron chi connectivity index (χ3n) is 9.47. The number of rotatable bonds is 5. The first-order valence-corrected chi connectivity index (χ1v) is 17.3. The van der Waals surface area contributed by atoms with Gasteiger partial charge in [0, 0.05) is 48.2 Å². The summed E-state index contributed by atoms with van der Waals surface area (Å²) in [5, 5.41) is 7.14. The number of nitrogens with zero attached hydrogens (tertiary/aromatic N) is 2. The minimum atomic E-state index is 0.638. The van der Waals surface area contributed by atoms with Crippen molar-refractivity contribution in [2.24, 2.45) is 0 Å². The van der Waals surface area contributed by atoms with Crippen molar-refractivity contribution in [2.45, 2.75) is 0 Å². The number of fused-ring (bicyclic) bond motifs is 8. The molecule has 0 bridgehead atoms. The van der Waals surface area contributed by atoms with Crippen LogP contribution in [0.1, 0.15) is 0 Å². The van der Waals surface area contributed by atoms with Crippen molar-refractivity contribution >= 4 is 81.2 Å². The molecule has 10 rings (SSSR count). The molecule has 2 heterocycles. The Morgan fingerprint density at radius 2 is 1.16 bits per heavy atom. The van der Waals surface area contributed by atoms with Gasteiger partial charge in [-0.1, -0.05) is 103 Å². The molecule has 0 unspecified atom stereocenters. The van der Waals surface area contributed by atoms with Crippen molar-refractivity contribution in [3.05, 3.63) is 170 Å². The summed E-state index contributed by atoms with van der Waals surface area (Å²) in [7, 11) is 0. The van der Waals surface area contributed by atoms with Gasteiger partial charge in [0.15, 0.2) is 5.58 Å². The van der Waals surface area contributed by atoms with Gasteiger partial charge in [-0.25, -0.2) is 4.98 Å². The van der Waals surface area contributed by atoms with E-state index >= 15 is 0 Å². The lowest BCUT2D eigenvalue weighted by atomic mass is 9.98. The highest BCUT2D eigenvalue weighted by atomic mass is 32.1. The number of oxazole rings is 1. The number of para-hydroxylation sites is 1. The zero-order chi connectivity index (χ0) is 32.3. The maximum atomic E-state index is 6.46. The summed E-state index contributed by atoms with van der Waals surface area (Å²) >= 11 is 1.86. The van der Waals surface area contributed by atoms with Crippen LogP contribution in [0, 0.1) is 0 Å². The lowest BCUT2D eigenvalue weighted by Gasteiger charge is -2.26. The molecule has 0 saturated heterocycles. The summed E-state index contributed by atoms with van der Waals surface area (Å²) in [6, 6.07) is 60.3. The first-order valence-electron chi connectivity index (χ1n) is 16.5. The SMILES string of the molecule is c1ccc(-c2nc3ccc4ccc5cc(N(c6ccccc6)c6ccc(-c7cccc8sc9ccccc9c78)cc6)ccc5c4c3o2)cc1. The molecule has 0 N–H and O–H groups in total. The Morgan fingerprint density at radius 1 is 0.469 bits per heavy atom. The topological polar surface area (TPSA) is 29.3 Å². The van der Waals surface area contributed by atoms with Gasteiger partial charge in [0.05, 0.1) is 0 Å². The number of anilines is 3. The Morgan fingerprint density at radius 3 is 2.02 bits per heavy atom. The maximum Gasteiger partial charge on any atom is 0.227 e. The molecule has 2 aromatic heterocycles. The molecule has 0 spiro atoms. The third kappa shape index (κ3) is 4.61. The average Bonchev–Trinajstić information content (AvgIpc) is 3.78. The summed E-state index contributed by atoms with van der Waals surface area (Å²) in [4.78, 5) is 7.18. The zero-order valence-electron chi connectivity index (χ0n) is 26.4. The average molecular weight is 645 g/mol. The van der Waals surface area contributed by atoms with E-state index in [-0.39, 0.29) is 0 Å². The molecule has 8 aromatic carbocycles. The summed E-state index contributed by atoms with van der Waals surface area (Å²) in [5.41, 5.74) is 8.42. The van der Waals surface area contributed by atoms with E-state index in [1.54, 1.807) is 0 Å². The second-order valence-corrected chi connectivity index (χ2v) is 13.4. The third-order valence-corrected chi connectivity index (χ3v) is 10.6. The predicted octanol–water partition coefficient (Wildman–Crippen LogP) is 13.3. The van der Waals surface area contributed by atoms with Crippen molar-refractivity contribution in [1.29, 1.82) is 0 Å². The predicted molar refractivity (Wildman–Crippen MR) is 207 cm³/mol. The largest absolute Gasteiger partial charge is 0.435 e. The van der Waals surface area contributed by atoms with Crippen molar-refractivity contribution < 1.29 is 4.42 Å². The Bertz CT molecular complexity index is 2820. The molecule has 0 fully saturated rings. The number of hydrogen-bond acceptors (Lipinski definition) is 4. The Labute approximate surface area is 286 Å². The van der Waals surface area contributed by atoms with Crippen molar-refractivity contribution in [1.82, 2.24) is 4.98 Å². The number of hydrogen-bond donors (Lipinski definition) is 0. The first kappa shape index (κ1) is 27.8. The normalized spacial score (nSPS) is 11.7. The standard InChI is InChI=1S/C45H28N2OS/c1-3-10-31(11-4-1)45-46-39-27-22-30-18-19-32-28-35(25-26-37(32)42(30)44(39)48-45)47(33-12-5-2-6-13-33)34-23-20-29(21-24-34)36-15-9-17-41-43(36)38-14-7-8-16-40(38)49-41/h1-28H. The highest BCUT2D eigenvalue weighted by Crippen LogP contribution is 2.42.